The molecule has 1 amide bonds. The van der Waals surface area contributed by atoms with Gasteiger partial charge in [-0.25, -0.2) is 4.98 Å². The first kappa shape index (κ1) is 22.9. The van der Waals surface area contributed by atoms with Gasteiger partial charge in [0.25, 0.3) is 0 Å². The fraction of sp³-hybridized carbons (Fsp3) is 0.280. The van der Waals surface area contributed by atoms with Gasteiger partial charge in [-0.2, -0.15) is 9.61 Å². The third-order valence-corrected chi connectivity index (χ3v) is 6.24. The summed E-state index contributed by atoms with van der Waals surface area (Å²) in [7, 11) is 0. The summed E-state index contributed by atoms with van der Waals surface area (Å²) in [6, 6.07) is 16.3. The molecule has 0 spiro atoms. The van der Waals surface area contributed by atoms with Crippen molar-refractivity contribution in [3.8, 4) is 0 Å². The lowest BCUT2D eigenvalue weighted by Gasteiger charge is -2.29. The molecular weight excluding hydrogens is 480 g/mol. The Morgan fingerprint density at radius 3 is 2.55 bits per heavy atom. The number of aryl methyl sites for hydroxylation is 1. The summed E-state index contributed by atoms with van der Waals surface area (Å²) < 4.78 is 2.68. The van der Waals surface area contributed by atoms with Crippen LogP contribution in [0, 0.1) is 6.92 Å². The van der Waals surface area contributed by atoms with Crippen molar-refractivity contribution >= 4 is 33.8 Å². The highest BCUT2D eigenvalue weighted by Crippen LogP contribution is 2.30. The van der Waals surface area contributed by atoms with Gasteiger partial charge < -0.3 is 10.2 Å². The van der Waals surface area contributed by atoms with E-state index in [0.29, 0.717) is 12.5 Å². The molecule has 1 N–H and O–H groups in total. The van der Waals surface area contributed by atoms with Gasteiger partial charge in [0.1, 0.15) is 5.82 Å². The predicted molar refractivity (Wildman–Crippen MR) is 133 cm³/mol. The smallest absolute Gasteiger partial charge is 0.209 e. The SMILES string of the molecule is Cc1ccccc1.O=CN1CCC(c2cc(NCc3cccnc3)n3ncc(Br)c3n2)CC1. The number of anilines is 1. The third kappa shape index (κ3) is 5.96. The van der Waals surface area contributed by atoms with E-state index in [1.165, 1.54) is 5.56 Å². The average Bonchev–Trinajstić information content (AvgIpc) is 3.25. The van der Waals surface area contributed by atoms with Crippen LogP contribution in [0.3, 0.4) is 0 Å². The van der Waals surface area contributed by atoms with Gasteiger partial charge in [0.05, 0.1) is 10.7 Å². The van der Waals surface area contributed by atoms with E-state index in [2.05, 4.69) is 56.5 Å². The fourth-order valence-corrected chi connectivity index (χ4v) is 4.17. The van der Waals surface area contributed by atoms with Crippen LogP contribution in [0.2, 0.25) is 0 Å². The number of hydrogen-bond donors (Lipinski definition) is 1. The number of aromatic nitrogens is 4. The first-order valence-corrected chi connectivity index (χ1v) is 11.8. The zero-order valence-electron chi connectivity index (χ0n) is 18.6. The number of pyridine rings is 1. The maximum absolute atomic E-state index is 10.9. The van der Waals surface area contributed by atoms with E-state index in [1.54, 1.807) is 12.4 Å². The summed E-state index contributed by atoms with van der Waals surface area (Å²) in [5.41, 5.74) is 4.26. The minimum atomic E-state index is 0.344. The summed E-state index contributed by atoms with van der Waals surface area (Å²) in [5, 5.41) is 7.87. The van der Waals surface area contributed by atoms with Gasteiger partial charge in [0.15, 0.2) is 5.65 Å². The fourth-order valence-electron chi connectivity index (χ4n) is 3.82. The molecule has 4 heterocycles. The van der Waals surface area contributed by atoms with Crippen molar-refractivity contribution in [2.75, 3.05) is 18.4 Å². The molecule has 1 aliphatic rings. The number of hydrogen-bond acceptors (Lipinski definition) is 5. The molecule has 3 aromatic heterocycles. The van der Waals surface area contributed by atoms with E-state index in [0.717, 1.165) is 59.5 Å². The number of nitrogens with one attached hydrogen (secondary N) is 1. The van der Waals surface area contributed by atoms with Crippen molar-refractivity contribution < 1.29 is 4.79 Å². The van der Waals surface area contributed by atoms with Gasteiger partial charge >= 0.3 is 0 Å². The van der Waals surface area contributed by atoms with Crippen molar-refractivity contribution in [3.05, 3.63) is 88.4 Å². The molecule has 7 nitrogen and oxygen atoms in total. The Balaban J connectivity index is 0.000000318. The van der Waals surface area contributed by atoms with Crippen molar-refractivity contribution in [2.45, 2.75) is 32.2 Å². The second-order valence-corrected chi connectivity index (χ2v) is 8.93. The molecule has 33 heavy (non-hydrogen) atoms. The summed E-state index contributed by atoms with van der Waals surface area (Å²) in [6.07, 6.45) is 8.16. The molecule has 0 aliphatic carbocycles. The molecule has 4 aromatic rings. The van der Waals surface area contributed by atoms with Crippen LogP contribution in [0.25, 0.3) is 5.65 Å². The molecule has 0 radical (unpaired) electrons. The standard InChI is InChI=1S/C18H19BrN6O.C7H8/c19-15-11-22-25-17(21-10-13-2-1-5-20-9-13)8-16(23-18(15)25)14-3-6-24(12-26)7-4-14;1-7-5-3-2-4-6-7/h1-2,5,8-9,11-12,14,21H,3-4,6-7,10H2;2-6H,1H3. The maximum Gasteiger partial charge on any atom is 0.209 e. The number of likely N-dealkylation sites (tertiary alicyclic amines) is 1. The third-order valence-electron chi connectivity index (χ3n) is 5.68. The van der Waals surface area contributed by atoms with Gasteiger partial charge in [-0.05, 0) is 47.3 Å². The molecule has 8 heteroatoms. The Kier molecular flexibility index (Phi) is 7.67. The molecule has 1 aromatic carbocycles. The second-order valence-electron chi connectivity index (χ2n) is 8.08. The zero-order chi connectivity index (χ0) is 23.0. The van der Waals surface area contributed by atoms with Crippen molar-refractivity contribution in [2.24, 2.45) is 0 Å². The maximum atomic E-state index is 10.9. The van der Waals surface area contributed by atoms with E-state index in [9.17, 15) is 4.79 Å². The summed E-state index contributed by atoms with van der Waals surface area (Å²) in [6.45, 7) is 4.30. The normalized spacial score (nSPS) is 13.9. The molecule has 1 saturated heterocycles. The molecule has 5 rings (SSSR count). The van der Waals surface area contributed by atoms with Gasteiger partial charge in [-0.3, -0.25) is 9.78 Å². The van der Waals surface area contributed by atoms with Crippen LogP contribution in [0.5, 0.6) is 0 Å². The Morgan fingerprint density at radius 1 is 1.12 bits per heavy atom. The largest absolute Gasteiger partial charge is 0.366 e. The molecule has 0 unspecified atom stereocenters. The number of halogens is 1. The molecule has 0 bridgehead atoms. The van der Waals surface area contributed by atoms with Crippen molar-refractivity contribution in [3.63, 3.8) is 0 Å². The van der Waals surface area contributed by atoms with E-state index < -0.39 is 0 Å². The number of amides is 1. The topological polar surface area (TPSA) is 75.4 Å². The van der Waals surface area contributed by atoms with Crippen molar-refractivity contribution in [1.82, 2.24) is 24.5 Å². The number of carbonyl (C=O) groups excluding carboxylic acids is 1. The lowest BCUT2D eigenvalue weighted by molar-refractivity contribution is -0.119. The number of carbonyl (C=O) groups is 1. The van der Waals surface area contributed by atoms with Gasteiger partial charge in [-0.1, -0.05) is 42.0 Å². The zero-order valence-corrected chi connectivity index (χ0v) is 20.1. The van der Waals surface area contributed by atoms with E-state index >= 15 is 0 Å². The van der Waals surface area contributed by atoms with E-state index in [4.69, 9.17) is 4.98 Å². The van der Waals surface area contributed by atoms with Gasteiger partial charge in [0, 0.05) is 49.7 Å². The number of piperidine rings is 1. The number of rotatable bonds is 5. The minimum absolute atomic E-state index is 0.344. The summed E-state index contributed by atoms with van der Waals surface area (Å²) >= 11 is 3.54. The highest BCUT2D eigenvalue weighted by atomic mass is 79.9. The molecule has 1 aliphatic heterocycles. The molecule has 170 valence electrons. The second kappa shape index (κ2) is 11.0. The van der Waals surface area contributed by atoms with Crippen LogP contribution in [-0.2, 0) is 11.3 Å². The van der Waals surface area contributed by atoms with Crippen LogP contribution in [0.15, 0.2) is 71.6 Å². The molecule has 0 atom stereocenters. The number of fused-ring (bicyclic) bond motifs is 1. The summed E-state index contributed by atoms with van der Waals surface area (Å²) in [4.78, 5) is 21.7. The highest BCUT2D eigenvalue weighted by Gasteiger charge is 2.22. The summed E-state index contributed by atoms with van der Waals surface area (Å²) in [5.74, 6) is 1.24. The Morgan fingerprint density at radius 2 is 1.91 bits per heavy atom. The lowest BCUT2D eigenvalue weighted by Crippen LogP contribution is -2.32. The average molecular weight is 507 g/mol. The van der Waals surface area contributed by atoms with Crippen LogP contribution in [0.1, 0.15) is 35.6 Å². The van der Waals surface area contributed by atoms with Crippen molar-refractivity contribution in [1.29, 1.82) is 0 Å². The highest BCUT2D eigenvalue weighted by molar-refractivity contribution is 9.10. The predicted octanol–water partition coefficient (Wildman–Crippen LogP) is 4.83. The number of nitrogens with zero attached hydrogens (tertiary/aromatic N) is 5. The monoisotopic (exact) mass is 506 g/mol. The van der Waals surface area contributed by atoms with Gasteiger partial charge in [-0.15, -0.1) is 0 Å². The van der Waals surface area contributed by atoms with E-state index in [-0.39, 0.29) is 0 Å². The van der Waals surface area contributed by atoms with Crippen LogP contribution < -0.4 is 5.32 Å². The molecule has 1 fully saturated rings. The quantitative estimate of drug-likeness (QED) is 0.392. The minimum Gasteiger partial charge on any atom is -0.366 e. The molecular formula is C25H27BrN6O. The lowest BCUT2D eigenvalue weighted by atomic mass is 9.93. The Bertz CT molecular complexity index is 1170. The number of benzene rings is 1. The van der Waals surface area contributed by atoms with Gasteiger partial charge in [0.2, 0.25) is 6.41 Å². The first-order valence-electron chi connectivity index (χ1n) is 11.0. The molecule has 0 saturated carbocycles. The van der Waals surface area contributed by atoms with Crippen LogP contribution >= 0.6 is 15.9 Å². The Labute approximate surface area is 202 Å². The first-order chi connectivity index (χ1) is 16.1. The van der Waals surface area contributed by atoms with Crippen LogP contribution in [-0.4, -0.2) is 44.0 Å². The van der Waals surface area contributed by atoms with Crippen LogP contribution in [0.4, 0.5) is 5.82 Å². The van der Waals surface area contributed by atoms with E-state index in [1.807, 2.05) is 45.9 Å². The Hall–Kier alpha value is -3.26.